The minimum atomic E-state index is -0.622. The lowest BCUT2D eigenvalue weighted by molar-refractivity contribution is -0.145. The molecule has 0 radical (unpaired) electrons. The average molecular weight is 616 g/mol. The predicted molar refractivity (Wildman–Crippen MR) is 174 cm³/mol. The Kier molecular flexibility index (Phi) is 10.8. The van der Waals surface area contributed by atoms with Gasteiger partial charge in [-0.2, -0.15) is 0 Å². The lowest BCUT2D eigenvalue weighted by Crippen LogP contribution is -2.49. The topological polar surface area (TPSA) is 111 Å². The standard InChI is InChI=1S/C34H45N7O4/c1-24(2)41(33(44)45-34(4,5)6)17-16-37-31(42)22-39(30-18-26(13-12-25(30)3)29-19-35-14-15-36-29)23-32(43)38(7)40-20-27-10-8-9-11-28(27)21-40/h8-15,18-19,24H,16-17,20-23H2,1-7H3,(H,37,42). The molecule has 1 aromatic heterocycles. The van der Waals surface area contributed by atoms with Crippen molar-refractivity contribution in [2.24, 2.45) is 0 Å². The van der Waals surface area contributed by atoms with E-state index in [-0.39, 0.29) is 44.0 Å². The van der Waals surface area contributed by atoms with Crippen LogP contribution in [0.25, 0.3) is 11.3 Å². The fourth-order valence-corrected chi connectivity index (χ4v) is 5.16. The monoisotopic (exact) mass is 615 g/mol. The summed E-state index contributed by atoms with van der Waals surface area (Å²) in [4.78, 5) is 51.8. The van der Waals surface area contributed by atoms with Crippen molar-refractivity contribution >= 4 is 23.6 Å². The zero-order valence-corrected chi connectivity index (χ0v) is 27.4. The van der Waals surface area contributed by atoms with Crippen molar-refractivity contribution in [3.05, 3.63) is 77.7 Å². The number of hydrogen-bond donors (Lipinski definition) is 1. The molecule has 0 atom stereocenters. The Hall–Kier alpha value is -4.51. The van der Waals surface area contributed by atoms with Gasteiger partial charge in [0.1, 0.15) is 5.60 Å². The summed E-state index contributed by atoms with van der Waals surface area (Å²) in [5.74, 6) is -0.410. The van der Waals surface area contributed by atoms with Crippen LogP contribution in [0.2, 0.25) is 0 Å². The number of amides is 3. The highest BCUT2D eigenvalue weighted by atomic mass is 16.6. The number of likely N-dealkylation sites (N-methyl/N-ethyl adjacent to an activating group) is 1. The highest BCUT2D eigenvalue weighted by Crippen LogP contribution is 2.28. The van der Waals surface area contributed by atoms with E-state index in [4.69, 9.17) is 4.74 Å². The van der Waals surface area contributed by atoms with Crippen LogP contribution in [-0.2, 0) is 27.4 Å². The van der Waals surface area contributed by atoms with E-state index in [1.54, 1.807) is 40.4 Å². The molecule has 0 spiro atoms. The molecule has 0 saturated heterocycles. The molecule has 2 heterocycles. The second kappa shape index (κ2) is 14.5. The molecule has 1 aliphatic rings. The van der Waals surface area contributed by atoms with E-state index in [0.29, 0.717) is 18.8 Å². The van der Waals surface area contributed by atoms with Crippen LogP contribution >= 0.6 is 0 Å². The number of anilines is 1. The minimum absolute atomic E-state index is 0.0163. The lowest BCUT2D eigenvalue weighted by Gasteiger charge is -2.32. The summed E-state index contributed by atoms with van der Waals surface area (Å²) in [6, 6.07) is 13.9. The van der Waals surface area contributed by atoms with Gasteiger partial charge in [0.25, 0.3) is 5.91 Å². The van der Waals surface area contributed by atoms with Crippen LogP contribution in [0.15, 0.2) is 61.1 Å². The summed E-state index contributed by atoms with van der Waals surface area (Å²) in [6.45, 7) is 13.0. The van der Waals surface area contributed by atoms with E-state index >= 15 is 0 Å². The number of ether oxygens (including phenoxy) is 1. The molecule has 0 saturated carbocycles. The number of nitrogens with one attached hydrogen (secondary N) is 1. The van der Waals surface area contributed by atoms with E-state index in [0.717, 1.165) is 16.8 Å². The fourth-order valence-electron chi connectivity index (χ4n) is 5.16. The van der Waals surface area contributed by atoms with Gasteiger partial charge in [0.2, 0.25) is 5.91 Å². The Morgan fingerprint density at radius 1 is 1.02 bits per heavy atom. The molecule has 0 unspecified atom stereocenters. The Balaban J connectivity index is 1.50. The molecule has 0 aliphatic carbocycles. The van der Waals surface area contributed by atoms with E-state index in [9.17, 15) is 14.4 Å². The fraction of sp³-hybridized carbons (Fsp3) is 0.441. The largest absolute Gasteiger partial charge is 0.444 e. The molecular formula is C34H45N7O4. The smallest absolute Gasteiger partial charge is 0.410 e. The molecule has 3 amide bonds. The number of nitrogens with zero attached hydrogens (tertiary/aromatic N) is 6. The van der Waals surface area contributed by atoms with E-state index in [2.05, 4.69) is 27.4 Å². The zero-order chi connectivity index (χ0) is 32.7. The van der Waals surface area contributed by atoms with Gasteiger partial charge >= 0.3 is 6.09 Å². The third kappa shape index (κ3) is 9.01. The molecule has 240 valence electrons. The Morgan fingerprint density at radius 3 is 2.31 bits per heavy atom. The maximum absolute atomic E-state index is 13.7. The third-order valence-corrected chi connectivity index (χ3v) is 7.60. The summed E-state index contributed by atoms with van der Waals surface area (Å²) < 4.78 is 5.54. The van der Waals surface area contributed by atoms with Crippen LogP contribution in [0.1, 0.15) is 51.3 Å². The van der Waals surface area contributed by atoms with Crippen LogP contribution in [0.3, 0.4) is 0 Å². The molecule has 0 fully saturated rings. The summed E-state index contributed by atoms with van der Waals surface area (Å²) >= 11 is 0. The maximum Gasteiger partial charge on any atom is 0.410 e. The van der Waals surface area contributed by atoms with Crippen LogP contribution in [-0.4, -0.2) is 87.7 Å². The van der Waals surface area contributed by atoms with Crippen molar-refractivity contribution in [3.8, 4) is 11.3 Å². The van der Waals surface area contributed by atoms with E-state index in [1.807, 2.05) is 76.9 Å². The highest BCUT2D eigenvalue weighted by molar-refractivity contribution is 5.87. The number of aromatic nitrogens is 2. The molecule has 4 rings (SSSR count). The van der Waals surface area contributed by atoms with Crippen molar-refractivity contribution in [2.75, 3.05) is 38.1 Å². The van der Waals surface area contributed by atoms with Gasteiger partial charge < -0.3 is 19.9 Å². The zero-order valence-electron chi connectivity index (χ0n) is 27.4. The van der Waals surface area contributed by atoms with Gasteiger partial charge in [-0.15, -0.1) is 0 Å². The summed E-state index contributed by atoms with van der Waals surface area (Å²) in [5.41, 5.74) is 4.95. The molecule has 11 heteroatoms. The molecule has 0 bridgehead atoms. The van der Waals surface area contributed by atoms with Crippen LogP contribution in [0, 0.1) is 6.92 Å². The Bertz CT molecular complexity index is 1460. The van der Waals surface area contributed by atoms with Crippen molar-refractivity contribution in [1.82, 2.24) is 30.2 Å². The molecule has 1 N–H and O–H groups in total. The number of hydrazine groups is 1. The van der Waals surface area contributed by atoms with Gasteiger partial charge in [-0.05, 0) is 64.3 Å². The highest BCUT2D eigenvalue weighted by Gasteiger charge is 2.28. The number of carbonyl (C=O) groups is 3. The average Bonchev–Trinajstić information content (AvgIpc) is 3.42. The summed E-state index contributed by atoms with van der Waals surface area (Å²) in [5, 5.41) is 6.59. The second-order valence-electron chi connectivity index (χ2n) is 12.6. The lowest BCUT2D eigenvalue weighted by atomic mass is 10.1. The Labute approximate surface area is 266 Å². The van der Waals surface area contributed by atoms with Crippen LogP contribution in [0.4, 0.5) is 10.5 Å². The number of rotatable bonds is 11. The van der Waals surface area contributed by atoms with Gasteiger partial charge in [-0.25, -0.2) is 9.80 Å². The quantitative estimate of drug-likeness (QED) is 0.338. The first-order chi connectivity index (χ1) is 21.3. The number of benzene rings is 2. The van der Waals surface area contributed by atoms with Crippen LogP contribution < -0.4 is 10.2 Å². The van der Waals surface area contributed by atoms with Gasteiger partial charge in [0, 0.05) is 62.9 Å². The van der Waals surface area contributed by atoms with E-state index < -0.39 is 11.7 Å². The summed E-state index contributed by atoms with van der Waals surface area (Å²) in [6.07, 6.45) is 4.50. The normalized spacial score (nSPS) is 12.9. The van der Waals surface area contributed by atoms with Gasteiger partial charge in [-0.1, -0.05) is 36.4 Å². The van der Waals surface area contributed by atoms with Gasteiger partial charge in [-0.3, -0.25) is 24.6 Å². The van der Waals surface area contributed by atoms with Crippen molar-refractivity contribution in [3.63, 3.8) is 0 Å². The van der Waals surface area contributed by atoms with Gasteiger partial charge in [0.15, 0.2) is 0 Å². The van der Waals surface area contributed by atoms with Gasteiger partial charge in [0.05, 0.1) is 25.0 Å². The Morgan fingerprint density at radius 2 is 1.71 bits per heavy atom. The SMILES string of the molecule is Cc1ccc(-c2cnccn2)cc1N(CC(=O)NCCN(C(=O)OC(C)(C)C)C(C)C)CC(=O)N(C)N1Cc2ccccc2C1. The molecule has 2 aromatic carbocycles. The summed E-state index contributed by atoms with van der Waals surface area (Å²) in [7, 11) is 1.77. The number of hydrogen-bond acceptors (Lipinski definition) is 8. The first-order valence-electron chi connectivity index (χ1n) is 15.3. The number of fused-ring (bicyclic) bond motifs is 1. The molecule has 45 heavy (non-hydrogen) atoms. The van der Waals surface area contributed by atoms with Crippen molar-refractivity contribution in [1.29, 1.82) is 0 Å². The van der Waals surface area contributed by atoms with Crippen LogP contribution in [0.5, 0.6) is 0 Å². The molecule has 3 aromatic rings. The minimum Gasteiger partial charge on any atom is -0.444 e. The second-order valence-corrected chi connectivity index (χ2v) is 12.6. The number of aryl methyl sites for hydroxylation is 1. The van der Waals surface area contributed by atoms with Crippen molar-refractivity contribution in [2.45, 2.75) is 66.3 Å². The predicted octanol–water partition coefficient (Wildman–Crippen LogP) is 4.41. The molecule has 11 nitrogen and oxygen atoms in total. The molecule has 1 aliphatic heterocycles. The first kappa shape index (κ1) is 33.4. The maximum atomic E-state index is 13.7. The van der Waals surface area contributed by atoms with E-state index in [1.165, 1.54) is 11.1 Å². The molecular weight excluding hydrogens is 570 g/mol. The van der Waals surface area contributed by atoms with Crippen molar-refractivity contribution < 1.29 is 19.1 Å². The first-order valence-corrected chi connectivity index (χ1v) is 15.3. The number of carbonyl (C=O) groups excluding carboxylic acids is 3. The third-order valence-electron chi connectivity index (χ3n) is 7.60.